The summed E-state index contributed by atoms with van der Waals surface area (Å²) in [6.07, 6.45) is 0. The van der Waals surface area contributed by atoms with E-state index in [1.807, 2.05) is 0 Å². The molecule has 0 heterocycles. The average Bonchev–Trinajstić information content (AvgIpc) is 2.19. The van der Waals surface area contributed by atoms with Gasteiger partial charge >= 0.3 is 0 Å². The van der Waals surface area contributed by atoms with Crippen molar-refractivity contribution < 1.29 is 9.53 Å². The predicted octanol–water partition coefficient (Wildman–Crippen LogP) is 2.51. The van der Waals surface area contributed by atoms with Gasteiger partial charge < -0.3 is 4.74 Å². The molecule has 0 amide bonds. The summed E-state index contributed by atoms with van der Waals surface area (Å²) in [7, 11) is 1.57. The number of ether oxygens (including phenoxy) is 1. The quantitative estimate of drug-likeness (QED) is 0.420. The van der Waals surface area contributed by atoms with Gasteiger partial charge in [-0.3, -0.25) is 4.79 Å². The molecule has 1 aromatic carbocycles. The van der Waals surface area contributed by atoms with Gasteiger partial charge in [-0.15, -0.1) is 4.91 Å². The Balaban J connectivity index is 0.000000424. The number of nitroso groups, excluding NO2 is 1. The van der Waals surface area contributed by atoms with Gasteiger partial charge in [0.05, 0.1) is 7.11 Å². The fourth-order valence-electron chi connectivity index (χ4n) is 0.643. The van der Waals surface area contributed by atoms with Gasteiger partial charge in [0.25, 0.3) is 0 Å². The van der Waals surface area contributed by atoms with Gasteiger partial charge in [-0.2, -0.15) is 0 Å². The van der Waals surface area contributed by atoms with Crippen molar-refractivity contribution in [3.8, 4) is 5.75 Å². The molecule has 0 bridgehead atoms. The number of hydrogen-bond donors (Lipinski definition) is 0. The number of nitrogens with zero attached hydrogens (tertiary/aromatic N) is 1. The monoisotopic (exact) mass is 201 g/mol. The van der Waals surface area contributed by atoms with E-state index in [9.17, 15) is 4.91 Å². The van der Waals surface area contributed by atoms with Crippen LogP contribution in [0.3, 0.4) is 0 Å². The third kappa shape index (κ3) is 4.92. The minimum Gasteiger partial charge on any atom is -0.497 e. The highest BCUT2D eigenvalue weighted by atomic mass is 35.5. The lowest BCUT2D eigenvalue weighted by atomic mass is 10.3. The van der Waals surface area contributed by atoms with Crippen molar-refractivity contribution >= 4 is 23.0 Å². The van der Waals surface area contributed by atoms with Crippen molar-refractivity contribution in [3.63, 3.8) is 0 Å². The SMILES string of the molecule is COc1ccc(N=O)cc1.O=CCl. The second-order valence-electron chi connectivity index (χ2n) is 1.88. The maximum atomic E-state index is 9.92. The molecule has 0 aromatic heterocycles. The first-order valence-electron chi connectivity index (χ1n) is 3.29. The molecule has 70 valence electrons. The molecule has 0 saturated carbocycles. The van der Waals surface area contributed by atoms with Gasteiger partial charge in [0.1, 0.15) is 11.4 Å². The number of rotatable bonds is 2. The molecule has 0 aliphatic carbocycles. The molecule has 5 heteroatoms. The Morgan fingerprint density at radius 1 is 1.38 bits per heavy atom. The summed E-state index contributed by atoms with van der Waals surface area (Å²) in [6, 6.07) is 6.59. The smallest absolute Gasteiger partial charge is 0.208 e. The zero-order valence-corrected chi connectivity index (χ0v) is 7.69. The van der Waals surface area contributed by atoms with E-state index in [4.69, 9.17) is 9.53 Å². The minimum atomic E-state index is 0.222. The molecule has 4 nitrogen and oxygen atoms in total. The molecular weight excluding hydrogens is 194 g/mol. The maximum Gasteiger partial charge on any atom is 0.208 e. The number of benzene rings is 1. The second kappa shape index (κ2) is 7.24. The summed E-state index contributed by atoms with van der Waals surface area (Å²) in [5.41, 5.74) is 0.417. The Morgan fingerprint density at radius 2 is 1.85 bits per heavy atom. The average molecular weight is 202 g/mol. The molecule has 0 atom stereocenters. The first kappa shape index (κ1) is 11.6. The standard InChI is InChI=1S/C7H7NO2.CHClO/c1-10-7-4-2-6(8-9)3-5-7;2-1-3/h2-5H,1H3;1H. The summed E-state index contributed by atoms with van der Waals surface area (Å²) in [6.45, 7) is 0. The van der Waals surface area contributed by atoms with Crippen LogP contribution in [0.25, 0.3) is 0 Å². The van der Waals surface area contributed by atoms with Crippen LogP contribution in [0.15, 0.2) is 29.4 Å². The van der Waals surface area contributed by atoms with Gasteiger partial charge in [-0.25, -0.2) is 0 Å². The molecule has 0 saturated heterocycles. The van der Waals surface area contributed by atoms with E-state index in [1.54, 1.807) is 31.4 Å². The third-order valence-corrected chi connectivity index (χ3v) is 1.18. The van der Waals surface area contributed by atoms with Gasteiger partial charge in [-0.05, 0) is 41.0 Å². The molecule has 1 rings (SSSR count). The predicted molar refractivity (Wildman–Crippen MR) is 51.1 cm³/mol. The van der Waals surface area contributed by atoms with Crippen molar-refractivity contribution in [2.45, 2.75) is 0 Å². The summed E-state index contributed by atoms with van der Waals surface area (Å²) in [5, 5.41) is 2.74. The van der Waals surface area contributed by atoms with Crippen molar-refractivity contribution in [1.82, 2.24) is 0 Å². The Bertz CT molecular complexity index is 261. The van der Waals surface area contributed by atoms with E-state index >= 15 is 0 Å². The minimum absolute atomic E-state index is 0.222. The van der Waals surface area contributed by atoms with E-state index < -0.39 is 0 Å². The molecule has 1 aromatic rings. The lowest BCUT2D eigenvalue weighted by Crippen LogP contribution is -1.79. The molecule has 0 N–H and O–H groups in total. The number of halogens is 1. The maximum absolute atomic E-state index is 9.92. The molecule has 0 aliphatic rings. The van der Waals surface area contributed by atoms with E-state index in [1.165, 1.54) is 0 Å². The van der Waals surface area contributed by atoms with Crippen LogP contribution >= 0.6 is 11.6 Å². The van der Waals surface area contributed by atoms with Gasteiger partial charge in [0, 0.05) is 0 Å². The van der Waals surface area contributed by atoms with E-state index in [0.717, 1.165) is 5.75 Å². The van der Waals surface area contributed by atoms with Crippen LogP contribution in [0, 0.1) is 4.91 Å². The zero-order chi connectivity index (χ0) is 10.1. The Morgan fingerprint density at radius 3 is 2.15 bits per heavy atom. The van der Waals surface area contributed by atoms with Gasteiger partial charge in [0.15, 0.2) is 0 Å². The zero-order valence-electron chi connectivity index (χ0n) is 6.94. The van der Waals surface area contributed by atoms with Gasteiger partial charge in [-0.1, -0.05) is 0 Å². The number of carbonyl (C=O) groups is 1. The Hall–Kier alpha value is -1.42. The Kier molecular flexibility index (Phi) is 6.45. The number of carbonyl (C=O) groups excluding carboxylic acids is 1. The summed E-state index contributed by atoms with van der Waals surface area (Å²) in [5.74, 6) is 0.951. The van der Waals surface area contributed by atoms with Crippen molar-refractivity contribution in [3.05, 3.63) is 29.2 Å². The normalized spacial score (nSPS) is 7.85. The van der Waals surface area contributed by atoms with Crippen molar-refractivity contribution in [2.24, 2.45) is 5.18 Å². The van der Waals surface area contributed by atoms with Crippen molar-refractivity contribution in [1.29, 1.82) is 0 Å². The van der Waals surface area contributed by atoms with Crippen LogP contribution in [0.2, 0.25) is 0 Å². The molecule has 0 spiro atoms. The summed E-state index contributed by atoms with van der Waals surface area (Å²) in [4.78, 5) is 18.5. The lowest BCUT2D eigenvalue weighted by molar-refractivity contribution is 0.415. The lowest BCUT2D eigenvalue weighted by Gasteiger charge is -1.96. The van der Waals surface area contributed by atoms with Crippen LogP contribution < -0.4 is 4.74 Å². The largest absolute Gasteiger partial charge is 0.497 e. The van der Waals surface area contributed by atoms with E-state index in [0.29, 0.717) is 5.69 Å². The molecule has 0 aliphatic heterocycles. The van der Waals surface area contributed by atoms with E-state index in [-0.39, 0.29) is 5.75 Å². The summed E-state index contributed by atoms with van der Waals surface area (Å²) < 4.78 is 4.87. The molecule has 0 fully saturated rings. The fraction of sp³-hybridized carbons (Fsp3) is 0.125. The highest BCUT2D eigenvalue weighted by Crippen LogP contribution is 2.16. The first-order chi connectivity index (χ1) is 6.28. The van der Waals surface area contributed by atoms with Crippen LogP contribution in [-0.2, 0) is 4.79 Å². The highest BCUT2D eigenvalue weighted by Gasteiger charge is 1.90. The number of methoxy groups -OCH3 is 1. The highest BCUT2D eigenvalue weighted by molar-refractivity contribution is 6.54. The van der Waals surface area contributed by atoms with Crippen molar-refractivity contribution in [2.75, 3.05) is 7.11 Å². The van der Waals surface area contributed by atoms with Crippen LogP contribution in [0.5, 0.6) is 5.75 Å². The molecule has 13 heavy (non-hydrogen) atoms. The van der Waals surface area contributed by atoms with Gasteiger partial charge in [0.2, 0.25) is 5.75 Å². The first-order valence-corrected chi connectivity index (χ1v) is 3.73. The van der Waals surface area contributed by atoms with Crippen LogP contribution in [0.1, 0.15) is 0 Å². The topological polar surface area (TPSA) is 55.7 Å². The molecule has 0 unspecified atom stereocenters. The molecule has 0 radical (unpaired) electrons. The Labute approximate surface area is 80.4 Å². The third-order valence-electron chi connectivity index (χ3n) is 1.18. The fourth-order valence-corrected chi connectivity index (χ4v) is 0.643. The van der Waals surface area contributed by atoms with E-state index in [2.05, 4.69) is 16.8 Å². The van der Waals surface area contributed by atoms with Crippen LogP contribution in [-0.4, -0.2) is 12.9 Å². The second-order valence-corrected chi connectivity index (χ2v) is 2.06. The summed E-state index contributed by atoms with van der Waals surface area (Å²) >= 11 is 4.32. The number of hydrogen-bond acceptors (Lipinski definition) is 4. The molecular formula is C8H8ClNO3. The van der Waals surface area contributed by atoms with Crippen LogP contribution in [0.4, 0.5) is 5.69 Å².